The van der Waals surface area contributed by atoms with Crippen molar-refractivity contribution in [2.45, 2.75) is 45.6 Å². The van der Waals surface area contributed by atoms with Gasteiger partial charge in [0.15, 0.2) is 0 Å². The highest BCUT2D eigenvalue weighted by Gasteiger charge is 2.20. The van der Waals surface area contributed by atoms with Gasteiger partial charge in [-0.05, 0) is 61.6 Å². The standard InChI is InChI=1S/C21H30N4O2/c1-14(2)16-6-7-18(19(27)12-16)21-15(3)11-20(23-24-21)22-17-5-4-8-25(13-17)9-10-26/h6-7,11-12,14,17,26-27H,4-5,8-10,13H2,1-3H3,(H,22,23). The molecule has 6 heteroatoms. The zero-order valence-corrected chi connectivity index (χ0v) is 16.4. The Balaban J connectivity index is 1.74. The summed E-state index contributed by atoms with van der Waals surface area (Å²) in [4.78, 5) is 2.27. The molecule has 1 unspecified atom stereocenters. The number of nitrogens with one attached hydrogen (secondary N) is 1. The Kier molecular flexibility index (Phi) is 6.29. The van der Waals surface area contributed by atoms with Gasteiger partial charge in [0.25, 0.3) is 0 Å². The van der Waals surface area contributed by atoms with Crippen LogP contribution in [0.15, 0.2) is 24.3 Å². The lowest BCUT2D eigenvalue weighted by molar-refractivity contribution is 0.166. The zero-order chi connectivity index (χ0) is 19.4. The van der Waals surface area contributed by atoms with Crippen molar-refractivity contribution in [3.05, 3.63) is 35.4 Å². The second kappa shape index (κ2) is 8.67. The molecule has 2 aromatic rings. The lowest BCUT2D eigenvalue weighted by Crippen LogP contribution is -2.43. The molecule has 0 spiro atoms. The summed E-state index contributed by atoms with van der Waals surface area (Å²) in [6.07, 6.45) is 2.19. The molecule has 0 saturated carbocycles. The van der Waals surface area contributed by atoms with Gasteiger partial charge in [0.1, 0.15) is 11.6 Å². The van der Waals surface area contributed by atoms with Crippen molar-refractivity contribution in [3.8, 4) is 17.0 Å². The second-order valence-corrected chi connectivity index (χ2v) is 7.70. The smallest absolute Gasteiger partial charge is 0.149 e. The number of rotatable bonds is 6. The summed E-state index contributed by atoms with van der Waals surface area (Å²) in [6, 6.07) is 8.06. The number of aliphatic hydroxyl groups is 1. The minimum absolute atomic E-state index is 0.194. The van der Waals surface area contributed by atoms with Crippen molar-refractivity contribution in [1.29, 1.82) is 0 Å². The number of phenols is 1. The molecule has 1 aliphatic heterocycles. The van der Waals surface area contributed by atoms with Gasteiger partial charge in [-0.25, -0.2) is 0 Å². The van der Waals surface area contributed by atoms with E-state index in [0.717, 1.165) is 42.9 Å². The number of β-amino-alcohol motifs (C(OH)–C–C–N with tert-alkyl or cyclic N) is 1. The molecule has 3 rings (SSSR count). The molecule has 27 heavy (non-hydrogen) atoms. The van der Waals surface area contributed by atoms with Crippen molar-refractivity contribution in [1.82, 2.24) is 15.1 Å². The van der Waals surface area contributed by atoms with Gasteiger partial charge in [0.05, 0.1) is 12.3 Å². The van der Waals surface area contributed by atoms with Gasteiger partial charge in [0, 0.05) is 24.7 Å². The van der Waals surface area contributed by atoms with E-state index in [1.165, 1.54) is 0 Å². The summed E-state index contributed by atoms with van der Waals surface area (Å²) in [6.45, 7) is 9.05. The first-order valence-electron chi connectivity index (χ1n) is 9.75. The van der Waals surface area contributed by atoms with Gasteiger partial charge in [-0.15, -0.1) is 10.2 Å². The van der Waals surface area contributed by atoms with Crippen LogP contribution in [-0.2, 0) is 0 Å². The van der Waals surface area contributed by atoms with E-state index in [9.17, 15) is 5.11 Å². The number of likely N-dealkylation sites (tertiary alicyclic amines) is 1. The lowest BCUT2D eigenvalue weighted by atomic mass is 9.98. The van der Waals surface area contributed by atoms with Crippen LogP contribution >= 0.6 is 0 Å². The molecule has 1 atom stereocenters. The molecule has 6 nitrogen and oxygen atoms in total. The maximum absolute atomic E-state index is 10.4. The fraction of sp³-hybridized carbons (Fsp3) is 0.524. The van der Waals surface area contributed by atoms with Crippen LogP contribution in [0.1, 0.15) is 43.7 Å². The van der Waals surface area contributed by atoms with Crippen LogP contribution in [0.3, 0.4) is 0 Å². The molecule has 0 bridgehead atoms. The zero-order valence-electron chi connectivity index (χ0n) is 16.4. The Labute approximate surface area is 161 Å². The summed E-state index contributed by atoms with van der Waals surface area (Å²) < 4.78 is 0. The Hall–Kier alpha value is -2.18. The molecule has 2 heterocycles. The quantitative estimate of drug-likeness (QED) is 0.725. The number of aryl methyl sites for hydroxylation is 1. The number of aliphatic hydroxyl groups excluding tert-OH is 1. The Morgan fingerprint density at radius 1 is 1.26 bits per heavy atom. The predicted molar refractivity (Wildman–Crippen MR) is 108 cm³/mol. The summed E-state index contributed by atoms with van der Waals surface area (Å²) in [5.74, 6) is 1.36. The van der Waals surface area contributed by atoms with Gasteiger partial charge in [-0.3, -0.25) is 4.90 Å². The third kappa shape index (κ3) is 4.76. The Morgan fingerprint density at radius 3 is 2.74 bits per heavy atom. The van der Waals surface area contributed by atoms with E-state index < -0.39 is 0 Å². The average molecular weight is 370 g/mol. The van der Waals surface area contributed by atoms with Crippen molar-refractivity contribution < 1.29 is 10.2 Å². The van der Waals surface area contributed by atoms with Crippen molar-refractivity contribution in [3.63, 3.8) is 0 Å². The van der Waals surface area contributed by atoms with Crippen LogP contribution in [-0.4, -0.2) is 57.6 Å². The van der Waals surface area contributed by atoms with Crippen molar-refractivity contribution in [2.24, 2.45) is 0 Å². The maximum atomic E-state index is 10.4. The second-order valence-electron chi connectivity index (χ2n) is 7.70. The van der Waals surface area contributed by atoms with Gasteiger partial charge < -0.3 is 15.5 Å². The minimum atomic E-state index is 0.194. The summed E-state index contributed by atoms with van der Waals surface area (Å²) in [7, 11) is 0. The molecule has 1 aromatic carbocycles. The summed E-state index contributed by atoms with van der Waals surface area (Å²) >= 11 is 0. The van der Waals surface area contributed by atoms with Crippen LogP contribution < -0.4 is 5.32 Å². The third-order valence-corrected chi connectivity index (χ3v) is 5.20. The van der Waals surface area contributed by atoms with E-state index in [2.05, 4.69) is 34.3 Å². The topological polar surface area (TPSA) is 81.5 Å². The third-order valence-electron chi connectivity index (χ3n) is 5.20. The largest absolute Gasteiger partial charge is 0.507 e. The molecule has 1 fully saturated rings. The van der Waals surface area contributed by atoms with Gasteiger partial charge in [0.2, 0.25) is 0 Å². The summed E-state index contributed by atoms with van der Waals surface area (Å²) in [5, 5.41) is 31.7. The van der Waals surface area contributed by atoms with Crippen molar-refractivity contribution in [2.75, 3.05) is 31.6 Å². The van der Waals surface area contributed by atoms with Gasteiger partial charge >= 0.3 is 0 Å². The molecule has 3 N–H and O–H groups in total. The van der Waals surface area contributed by atoms with Crippen LogP contribution in [0.5, 0.6) is 5.75 Å². The van der Waals surface area contributed by atoms with E-state index in [4.69, 9.17) is 5.11 Å². The number of hydrogen-bond donors (Lipinski definition) is 3. The molecule has 0 aliphatic carbocycles. The number of nitrogens with zero attached hydrogens (tertiary/aromatic N) is 3. The first kappa shape index (κ1) is 19.6. The molecule has 146 valence electrons. The number of hydrogen-bond acceptors (Lipinski definition) is 6. The number of piperidine rings is 1. The van der Waals surface area contributed by atoms with E-state index >= 15 is 0 Å². The molecular formula is C21H30N4O2. The number of anilines is 1. The normalized spacial score (nSPS) is 18.0. The molecule has 1 aromatic heterocycles. The number of aromatic hydroxyl groups is 1. The van der Waals surface area contributed by atoms with Crippen LogP contribution in [0.25, 0.3) is 11.3 Å². The molecule has 1 saturated heterocycles. The first-order valence-corrected chi connectivity index (χ1v) is 9.75. The molecule has 0 amide bonds. The first-order chi connectivity index (χ1) is 13.0. The molecule has 0 radical (unpaired) electrons. The Morgan fingerprint density at radius 2 is 2.07 bits per heavy atom. The van der Waals surface area contributed by atoms with E-state index in [1.54, 1.807) is 0 Å². The highest BCUT2D eigenvalue weighted by atomic mass is 16.3. The van der Waals surface area contributed by atoms with E-state index in [-0.39, 0.29) is 12.4 Å². The predicted octanol–water partition coefficient (Wildman–Crippen LogP) is 3.15. The highest BCUT2D eigenvalue weighted by molar-refractivity contribution is 5.70. The monoisotopic (exact) mass is 370 g/mol. The molecule has 1 aliphatic rings. The minimum Gasteiger partial charge on any atom is -0.507 e. The fourth-order valence-electron chi connectivity index (χ4n) is 3.66. The fourth-order valence-corrected chi connectivity index (χ4v) is 3.66. The van der Waals surface area contributed by atoms with Crippen molar-refractivity contribution >= 4 is 5.82 Å². The highest BCUT2D eigenvalue weighted by Crippen LogP contribution is 2.33. The Bertz CT molecular complexity index is 777. The van der Waals surface area contributed by atoms with Crippen LogP contribution in [0, 0.1) is 6.92 Å². The van der Waals surface area contributed by atoms with Gasteiger partial charge in [-0.2, -0.15) is 0 Å². The summed E-state index contributed by atoms with van der Waals surface area (Å²) in [5.41, 5.74) is 3.50. The van der Waals surface area contributed by atoms with E-state index in [0.29, 0.717) is 29.8 Å². The molecular weight excluding hydrogens is 340 g/mol. The average Bonchev–Trinajstić information content (AvgIpc) is 2.63. The SMILES string of the molecule is Cc1cc(NC2CCCN(CCO)C2)nnc1-c1ccc(C(C)C)cc1O. The number of aromatic nitrogens is 2. The van der Waals surface area contributed by atoms with Crippen LogP contribution in [0.2, 0.25) is 0 Å². The maximum Gasteiger partial charge on any atom is 0.149 e. The lowest BCUT2D eigenvalue weighted by Gasteiger charge is -2.32. The van der Waals surface area contributed by atoms with E-state index in [1.807, 2.05) is 31.2 Å². The van der Waals surface area contributed by atoms with Crippen LogP contribution in [0.4, 0.5) is 5.82 Å². The number of phenolic OH excluding ortho intramolecular Hbond substituents is 1. The van der Waals surface area contributed by atoms with Gasteiger partial charge in [-0.1, -0.05) is 19.9 Å². The number of benzene rings is 1.